The number of aliphatic hydroxyl groups excluding tert-OH is 1. The standard InChI is InChI=1S/C18H16Cl2N6O3/c19-12-1-3-14(15(20)7-12)17-11(10-27)8-24-18(25-17)22-6-5-21-16-4-2-13(9-23-16)26(28)29/h1-4,7-9,27H,5-6,10H2,(H,21,23)(H,22,24,25). The Labute approximate surface area is 175 Å². The minimum atomic E-state index is -0.504. The highest BCUT2D eigenvalue weighted by Gasteiger charge is 2.13. The Morgan fingerprint density at radius 3 is 2.52 bits per heavy atom. The third-order valence-corrected chi connectivity index (χ3v) is 4.44. The normalized spacial score (nSPS) is 10.6. The first kappa shape index (κ1) is 20.7. The smallest absolute Gasteiger partial charge is 0.287 e. The predicted octanol–water partition coefficient (Wildman–Crippen LogP) is 3.77. The molecule has 0 bridgehead atoms. The zero-order valence-corrected chi connectivity index (χ0v) is 16.5. The van der Waals surface area contributed by atoms with Crippen molar-refractivity contribution >= 4 is 40.7 Å². The molecule has 3 rings (SSSR count). The van der Waals surface area contributed by atoms with Crippen LogP contribution in [0.1, 0.15) is 5.56 Å². The van der Waals surface area contributed by atoms with Crippen LogP contribution in [0.5, 0.6) is 0 Å². The van der Waals surface area contributed by atoms with E-state index in [0.29, 0.717) is 51.7 Å². The van der Waals surface area contributed by atoms with Gasteiger partial charge in [0.1, 0.15) is 12.0 Å². The molecule has 150 valence electrons. The minimum absolute atomic E-state index is 0.0700. The molecule has 0 unspecified atom stereocenters. The first-order valence-corrected chi connectivity index (χ1v) is 9.24. The van der Waals surface area contributed by atoms with E-state index in [2.05, 4.69) is 25.6 Å². The molecule has 11 heteroatoms. The summed E-state index contributed by atoms with van der Waals surface area (Å²) in [5, 5.41) is 27.2. The molecule has 0 radical (unpaired) electrons. The van der Waals surface area contributed by atoms with Gasteiger partial charge in [-0.25, -0.2) is 15.0 Å². The summed E-state index contributed by atoms with van der Waals surface area (Å²) in [6.07, 6.45) is 2.72. The summed E-state index contributed by atoms with van der Waals surface area (Å²) < 4.78 is 0. The molecule has 3 aromatic rings. The molecule has 0 aliphatic heterocycles. The first-order chi connectivity index (χ1) is 14.0. The van der Waals surface area contributed by atoms with Crippen LogP contribution in [0.2, 0.25) is 10.0 Å². The summed E-state index contributed by atoms with van der Waals surface area (Å²) in [5.41, 5.74) is 1.61. The first-order valence-electron chi connectivity index (χ1n) is 8.48. The molecule has 0 spiro atoms. The summed E-state index contributed by atoms with van der Waals surface area (Å²) in [6.45, 7) is 0.708. The summed E-state index contributed by atoms with van der Waals surface area (Å²) >= 11 is 12.2. The minimum Gasteiger partial charge on any atom is -0.392 e. The topological polar surface area (TPSA) is 126 Å². The molecule has 0 saturated carbocycles. The second-order valence-electron chi connectivity index (χ2n) is 5.86. The van der Waals surface area contributed by atoms with Gasteiger partial charge in [-0.15, -0.1) is 0 Å². The number of rotatable bonds is 8. The molecule has 3 N–H and O–H groups in total. The zero-order valence-electron chi connectivity index (χ0n) is 15.0. The van der Waals surface area contributed by atoms with Crippen molar-refractivity contribution in [2.75, 3.05) is 23.7 Å². The second kappa shape index (κ2) is 9.46. The number of aromatic nitrogens is 3. The average Bonchev–Trinajstić information content (AvgIpc) is 2.71. The molecule has 0 saturated heterocycles. The molecular weight excluding hydrogens is 419 g/mol. The molecular formula is C18H16Cl2N6O3. The quantitative estimate of drug-likeness (QED) is 0.277. The fraction of sp³-hybridized carbons (Fsp3) is 0.167. The number of nitro groups is 1. The van der Waals surface area contributed by atoms with Crippen molar-refractivity contribution in [1.82, 2.24) is 15.0 Å². The second-order valence-corrected chi connectivity index (χ2v) is 6.71. The van der Waals surface area contributed by atoms with Gasteiger partial charge in [-0.05, 0) is 24.3 Å². The summed E-state index contributed by atoms with van der Waals surface area (Å²) in [4.78, 5) is 22.7. The van der Waals surface area contributed by atoms with Crippen LogP contribution >= 0.6 is 23.2 Å². The number of halogens is 2. The van der Waals surface area contributed by atoms with E-state index in [4.69, 9.17) is 23.2 Å². The molecule has 0 aliphatic rings. The monoisotopic (exact) mass is 434 g/mol. The maximum Gasteiger partial charge on any atom is 0.287 e. The lowest BCUT2D eigenvalue weighted by Crippen LogP contribution is -2.16. The number of hydrogen-bond donors (Lipinski definition) is 3. The summed E-state index contributed by atoms with van der Waals surface area (Å²) in [7, 11) is 0. The number of nitrogens with zero attached hydrogens (tertiary/aromatic N) is 4. The third-order valence-electron chi connectivity index (χ3n) is 3.89. The van der Waals surface area contributed by atoms with Crippen molar-refractivity contribution in [3.8, 4) is 11.3 Å². The molecule has 0 amide bonds. The van der Waals surface area contributed by atoms with Crippen LogP contribution in [-0.2, 0) is 6.61 Å². The van der Waals surface area contributed by atoms with Crippen molar-refractivity contribution in [3.63, 3.8) is 0 Å². The van der Waals surface area contributed by atoms with Gasteiger partial charge in [-0.1, -0.05) is 23.2 Å². The molecule has 0 atom stereocenters. The van der Waals surface area contributed by atoms with Gasteiger partial charge in [0.2, 0.25) is 5.95 Å². The highest BCUT2D eigenvalue weighted by Crippen LogP contribution is 2.31. The van der Waals surface area contributed by atoms with Crippen molar-refractivity contribution in [3.05, 3.63) is 68.4 Å². The fourth-order valence-electron chi connectivity index (χ4n) is 2.49. The van der Waals surface area contributed by atoms with E-state index in [-0.39, 0.29) is 12.3 Å². The van der Waals surface area contributed by atoms with Gasteiger partial charge < -0.3 is 15.7 Å². The van der Waals surface area contributed by atoms with Gasteiger partial charge in [-0.3, -0.25) is 10.1 Å². The Bertz CT molecular complexity index is 1020. The molecule has 0 aliphatic carbocycles. The lowest BCUT2D eigenvalue weighted by Gasteiger charge is -2.12. The predicted molar refractivity (Wildman–Crippen MR) is 111 cm³/mol. The van der Waals surface area contributed by atoms with Crippen molar-refractivity contribution < 1.29 is 10.0 Å². The largest absolute Gasteiger partial charge is 0.392 e. The Balaban J connectivity index is 1.65. The van der Waals surface area contributed by atoms with Crippen molar-refractivity contribution in [2.45, 2.75) is 6.61 Å². The number of pyridine rings is 1. The van der Waals surface area contributed by atoms with Crippen LogP contribution in [0.15, 0.2) is 42.7 Å². The van der Waals surface area contributed by atoms with E-state index < -0.39 is 4.92 Å². The van der Waals surface area contributed by atoms with Crippen LogP contribution in [0.25, 0.3) is 11.3 Å². The highest BCUT2D eigenvalue weighted by molar-refractivity contribution is 6.36. The SMILES string of the molecule is O=[N+]([O-])c1ccc(NCCNc2ncc(CO)c(-c3ccc(Cl)cc3Cl)n2)nc1. The molecule has 1 aromatic carbocycles. The van der Waals surface area contributed by atoms with Crippen LogP contribution in [0.4, 0.5) is 17.5 Å². The van der Waals surface area contributed by atoms with Crippen LogP contribution < -0.4 is 10.6 Å². The Morgan fingerprint density at radius 1 is 1.07 bits per heavy atom. The van der Waals surface area contributed by atoms with Gasteiger partial charge >= 0.3 is 0 Å². The van der Waals surface area contributed by atoms with E-state index in [9.17, 15) is 15.2 Å². The third kappa shape index (κ3) is 5.29. The maximum absolute atomic E-state index is 10.6. The van der Waals surface area contributed by atoms with E-state index in [1.807, 2.05) is 0 Å². The zero-order chi connectivity index (χ0) is 20.8. The van der Waals surface area contributed by atoms with Crippen molar-refractivity contribution in [2.24, 2.45) is 0 Å². The molecule has 9 nitrogen and oxygen atoms in total. The van der Waals surface area contributed by atoms with Gasteiger partial charge in [0, 0.05) is 41.5 Å². The van der Waals surface area contributed by atoms with Gasteiger partial charge in [-0.2, -0.15) is 0 Å². The molecule has 2 heterocycles. The molecule has 29 heavy (non-hydrogen) atoms. The van der Waals surface area contributed by atoms with Gasteiger partial charge in [0.25, 0.3) is 5.69 Å². The number of hydrogen-bond acceptors (Lipinski definition) is 8. The Kier molecular flexibility index (Phi) is 6.76. The van der Waals surface area contributed by atoms with Crippen molar-refractivity contribution in [1.29, 1.82) is 0 Å². The lowest BCUT2D eigenvalue weighted by atomic mass is 10.1. The van der Waals surface area contributed by atoms with E-state index >= 15 is 0 Å². The van der Waals surface area contributed by atoms with Crippen LogP contribution in [0, 0.1) is 10.1 Å². The van der Waals surface area contributed by atoms with Crippen LogP contribution in [-0.4, -0.2) is 38.1 Å². The van der Waals surface area contributed by atoms with E-state index in [0.717, 1.165) is 0 Å². The van der Waals surface area contributed by atoms with Gasteiger partial charge in [0.05, 0.1) is 22.2 Å². The highest BCUT2D eigenvalue weighted by atomic mass is 35.5. The maximum atomic E-state index is 10.6. The number of nitrogens with one attached hydrogen (secondary N) is 2. The fourth-order valence-corrected chi connectivity index (χ4v) is 2.98. The lowest BCUT2D eigenvalue weighted by molar-refractivity contribution is -0.385. The van der Waals surface area contributed by atoms with Crippen LogP contribution in [0.3, 0.4) is 0 Å². The summed E-state index contributed by atoms with van der Waals surface area (Å²) in [6, 6.07) is 7.95. The Morgan fingerprint density at radius 2 is 1.86 bits per heavy atom. The number of aliphatic hydroxyl groups is 1. The number of anilines is 2. The molecule has 0 fully saturated rings. The average molecular weight is 435 g/mol. The Hall–Kier alpha value is -3.01. The number of benzene rings is 1. The van der Waals surface area contributed by atoms with Gasteiger partial charge in [0.15, 0.2) is 0 Å². The molecule has 2 aromatic heterocycles. The van der Waals surface area contributed by atoms with E-state index in [1.54, 1.807) is 18.2 Å². The summed E-state index contributed by atoms with van der Waals surface area (Å²) in [5.74, 6) is 0.879. The van der Waals surface area contributed by atoms with E-state index in [1.165, 1.54) is 24.5 Å².